The Kier molecular flexibility index (Phi) is 9.62. The summed E-state index contributed by atoms with van der Waals surface area (Å²) in [6.45, 7) is 5.01. The van der Waals surface area contributed by atoms with Gasteiger partial charge in [0.1, 0.15) is 0 Å². The molecule has 1 rings (SSSR count). The van der Waals surface area contributed by atoms with Crippen molar-refractivity contribution in [1.29, 1.82) is 0 Å². The fourth-order valence-corrected chi connectivity index (χ4v) is 3.76. The molecule has 114 valence electrons. The van der Waals surface area contributed by atoms with Crippen LogP contribution in [0.5, 0.6) is 0 Å². The molecule has 19 heavy (non-hydrogen) atoms. The van der Waals surface area contributed by atoms with Crippen LogP contribution in [0.4, 0.5) is 0 Å². The zero-order chi connectivity index (χ0) is 14.0. The molecule has 1 aliphatic rings. The lowest BCUT2D eigenvalue weighted by atomic mass is 9.78. The molecular formula is C15H29IO3. The second-order valence-electron chi connectivity index (χ2n) is 5.50. The van der Waals surface area contributed by atoms with Gasteiger partial charge < -0.3 is 14.2 Å². The van der Waals surface area contributed by atoms with Crippen LogP contribution in [-0.4, -0.2) is 43.6 Å². The average molecular weight is 384 g/mol. The van der Waals surface area contributed by atoms with Gasteiger partial charge in [0.25, 0.3) is 0 Å². The molecule has 0 bridgehead atoms. The van der Waals surface area contributed by atoms with Crippen molar-refractivity contribution in [1.82, 2.24) is 0 Å². The predicted molar refractivity (Wildman–Crippen MR) is 87.1 cm³/mol. The molecule has 0 spiro atoms. The van der Waals surface area contributed by atoms with Crippen molar-refractivity contribution in [3.8, 4) is 0 Å². The lowest BCUT2D eigenvalue weighted by molar-refractivity contribution is -0.0804. The first-order valence-electron chi connectivity index (χ1n) is 7.53. The van der Waals surface area contributed by atoms with E-state index in [1.807, 2.05) is 0 Å². The van der Waals surface area contributed by atoms with Gasteiger partial charge in [0.2, 0.25) is 0 Å². The zero-order valence-corrected chi connectivity index (χ0v) is 14.6. The van der Waals surface area contributed by atoms with Crippen LogP contribution in [0.25, 0.3) is 0 Å². The van der Waals surface area contributed by atoms with Crippen LogP contribution in [0, 0.1) is 5.92 Å². The van der Waals surface area contributed by atoms with Crippen molar-refractivity contribution < 1.29 is 14.2 Å². The minimum atomic E-state index is 0.120. The normalized spacial score (nSPS) is 27.6. The largest absolute Gasteiger partial charge is 0.382 e. The highest BCUT2D eigenvalue weighted by Gasteiger charge is 2.34. The molecule has 0 radical (unpaired) electrons. The van der Waals surface area contributed by atoms with Gasteiger partial charge in [-0.2, -0.15) is 0 Å². The molecule has 4 heteroatoms. The molecule has 0 amide bonds. The summed E-state index contributed by atoms with van der Waals surface area (Å²) in [6.07, 6.45) is 7.81. The smallest absolute Gasteiger partial charge is 0.0772 e. The summed E-state index contributed by atoms with van der Waals surface area (Å²) in [4.78, 5) is 0. The maximum Gasteiger partial charge on any atom is 0.0772 e. The van der Waals surface area contributed by atoms with E-state index >= 15 is 0 Å². The maximum absolute atomic E-state index is 6.15. The van der Waals surface area contributed by atoms with Crippen molar-refractivity contribution in [3.63, 3.8) is 0 Å². The average Bonchev–Trinajstić information content (AvgIpc) is 2.45. The molecule has 0 atom stereocenters. The SMILES string of the molecule is CCCC1CCC(CI)(OCCOCCOC)CC1. The number of ether oxygens (including phenoxy) is 3. The van der Waals surface area contributed by atoms with Crippen LogP contribution in [0.2, 0.25) is 0 Å². The number of methoxy groups -OCH3 is 1. The molecule has 3 nitrogen and oxygen atoms in total. The molecule has 1 fully saturated rings. The first kappa shape index (κ1) is 17.7. The number of hydrogen-bond acceptors (Lipinski definition) is 3. The van der Waals surface area contributed by atoms with Crippen molar-refractivity contribution in [2.75, 3.05) is 38.0 Å². The van der Waals surface area contributed by atoms with Gasteiger partial charge in [-0.25, -0.2) is 0 Å². The highest BCUT2D eigenvalue weighted by molar-refractivity contribution is 14.1. The third-order valence-corrected chi connectivity index (χ3v) is 5.41. The first-order chi connectivity index (χ1) is 9.26. The number of rotatable bonds is 10. The van der Waals surface area contributed by atoms with Gasteiger partial charge in [-0.1, -0.05) is 42.4 Å². The quantitative estimate of drug-likeness (QED) is 0.326. The molecule has 0 heterocycles. The van der Waals surface area contributed by atoms with Crippen LogP contribution >= 0.6 is 22.6 Å². The van der Waals surface area contributed by atoms with Crippen LogP contribution in [0.3, 0.4) is 0 Å². The Hall–Kier alpha value is 0.610. The zero-order valence-electron chi connectivity index (χ0n) is 12.5. The van der Waals surface area contributed by atoms with E-state index in [-0.39, 0.29) is 5.60 Å². The van der Waals surface area contributed by atoms with Gasteiger partial charge in [0.05, 0.1) is 32.0 Å². The van der Waals surface area contributed by atoms with Gasteiger partial charge in [0.15, 0.2) is 0 Å². The van der Waals surface area contributed by atoms with Crippen molar-refractivity contribution >= 4 is 22.6 Å². The maximum atomic E-state index is 6.15. The Bertz CT molecular complexity index is 215. The molecule has 0 unspecified atom stereocenters. The number of halogens is 1. The number of hydrogen-bond donors (Lipinski definition) is 0. The summed E-state index contributed by atoms with van der Waals surface area (Å²) >= 11 is 2.48. The Labute approximate surface area is 131 Å². The van der Waals surface area contributed by atoms with Gasteiger partial charge in [0, 0.05) is 11.5 Å². The lowest BCUT2D eigenvalue weighted by Gasteiger charge is -2.39. The summed E-state index contributed by atoms with van der Waals surface area (Å²) in [5.74, 6) is 0.933. The second-order valence-corrected chi connectivity index (χ2v) is 6.27. The summed E-state index contributed by atoms with van der Waals surface area (Å²) in [6, 6.07) is 0. The van der Waals surface area contributed by atoms with Gasteiger partial charge in [-0.05, 0) is 31.6 Å². The highest BCUT2D eigenvalue weighted by atomic mass is 127. The summed E-state index contributed by atoms with van der Waals surface area (Å²) < 4.78 is 17.7. The Balaban J connectivity index is 2.18. The fraction of sp³-hybridized carbons (Fsp3) is 1.00. The molecule has 1 aliphatic carbocycles. The summed E-state index contributed by atoms with van der Waals surface area (Å²) in [7, 11) is 1.69. The molecule has 1 saturated carbocycles. The standard InChI is InChI=1S/C15H29IO3/c1-3-4-14-5-7-15(13-16,8-6-14)19-12-11-18-10-9-17-2/h14H,3-13H2,1-2H3. The van der Waals surface area contributed by atoms with Gasteiger partial charge >= 0.3 is 0 Å². The highest BCUT2D eigenvalue weighted by Crippen LogP contribution is 2.38. The molecule has 0 aromatic carbocycles. The van der Waals surface area contributed by atoms with E-state index < -0.39 is 0 Å². The van der Waals surface area contributed by atoms with Crippen LogP contribution < -0.4 is 0 Å². The molecular weight excluding hydrogens is 355 g/mol. The van der Waals surface area contributed by atoms with Crippen molar-refractivity contribution in [2.24, 2.45) is 5.92 Å². The Morgan fingerprint density at radius 3 is 2.37 bits per heavy atom. The van der Waals surface area contributed by atoms with E-state index in [0.717, 1.165) is 10.3 Å². The third kappa shape index (κ3) is 6.74. The van der Waals surface area contributed by atoms with E-state index in [4.69, 9.17) is 14.2 Å². The Morgan fingerprint density at radius 1 is 1.11 bits per heavy atom. The minimum absolute atomic E-state index is 0.120. The van der Waals surface area contributed by atoms with Gasteiger partial charge in [-0.15, -0.1) is 0 Å². The topological polar surface area (TPSA) is 27.7 Å². The molecule has 0 aromatic rings. The van der Waals surface area contributed by atoms with Crippen LogP contribution in [-0.2, 0) is 14.2 Å². The van der Waals surface area contributed by atoms with E-state index in [2.05, 4.69) is 29.5 Å². The van der Waals surface area contributed by atoms with Gasteiger partial charge in [-0.3, -0.25) is 0 Å². The second kappa shape index (κ2) is 10.4. The third-order valence-electron chi connectivity index (χ3n) is 4.02. The van der Waals surface area contributed by atoms with Crippen LogP contribution in [0.15, 0.2) is 0 Å². The van der Waals surface area contributed by atoms with Crippen molar-refractivity contribution in [3.05, 3.63) is 0 Å². The predicted octanol–water partition coefficient (Wildman–Crippen LogP) is 3.83. The monoisotopic (exact) mass is 384 g/mol. The fourth-order valence-electron chi connectivity index (χ4n) is 2.78. The lowest BCUT2D eigenvalue weighted by Crippen LogP contribution is -2.39. The summed E-state index contributed by atoms with van der Waals surface area (Å²) in [5.41, 5.74) is 0.120. The van der Waals surface area contributed by atoms with E-state index in [1.165, 1.54) is 38.5 Å². The molecule has 0 N–H and O–H groups in total. The molecule has 0 saturated heterocycles. The minimum Gasteiger partial charge on any atom is -0.382 e. The Morgan fingerprint density at radius 2 is 1.79 bits per heavy atom. The van der Waals surface area contributed by atoms with Crippen LogP contribution in [0.1, 0.15) is 45.4 Å². The molecule has 0 aromatic heterocycles. The first-order valence-corrected chi connectivity index (χ1v) is 9.05. The summed E-state index contributed by atoms with van der Waals surface area (Å²) in [5, 5.41) is 0. The molecule has 0 aliphatic heterocycles. The van der Waals surface area contributed by atoms with E-state index in [0.29, 0.717) is 26.4 Å². The van der Waals surface area contributed by atoms with Crippen molar-refractivity contribution in [2.45, 2.75) is 51.0 Å². The number of alkyl halides is 1. The van der Waals surface area contributed by atoms with E-state index in [1.54, 1.807) is 7.11 Å². The van der Waals surface area contributed by atoms with E-state index in [9.17, 15) is 0 Å².